The lowest BCUT2D eigenvalue weighted by molar-refractivity contribution is -0.234. The first kappa shape index (κ1) is 24.8. The van der Waals surface area contributed by atoms with Crippen LogP contribution in [0.1, 0.15) is 41.3 Å². The number of nitrogens with one attached hydrogen (secondary N) is 1. The van der Waals surface area contributed by atoms with E-state index in [2.05, 4.69) is 10.5 Å². The molecule has 0 aliphatic heterocycles. The molecule has 12 heteroatoms. The number of amides is 1. The number of aliphatic hydroxyl groups is 2. The summed E-state index contributed by atoms with van der Waals surface area (Å²) in [5.74, 6) is -3.89. The van der Waals surface area contributed by atoms with E-state index in [4.69, 9.17) is 16.1 Å². The first-order valence-corrected chi connectivity index (χ1v) is 13.0. The number of fused-ring (bicyclic) bond motifs is 2. The maximum absolute atomic E-state index is 13.5. The number of carbonyl (C=O) groups excluding carboxylic acids is 1. The maximum atomic E-state index is 13.5. The largest absolute Gasteiger partial charge is 0.386 e. The van der Waals surface area contributed by atoms with Gasteiger partial charge < -0.3 is 20.1 Å². The summed E-state index contributed by atoms with van der Waals surface area (Å²) in [5.41, 5.74) is -1.22. The van der Waals surface area contributed by atoms with Crippen LogP contribution >= 0.6 is 11.6 Å². The van der Waals surface area contributed by atoms with E-state index in [1.54, 1.807) is 0 Å². The molecule has 8 nitrogen and oxygen atoms in total. The molecule has 190 valence electrons. The molecule has 1 amide bonds. The first-order chi connectivity index (χ1) is 17.0. The van der Waals surface area contributed by atoms with Crippen molar-refractivity contribution in [3.05, 3.63) is 76.6 Å². The van der Waals surface area contributed by atoms with Gasteiger partial charge in [0.15, 0.2) is 21.5 Å². The first-order valence-electron chi connectivity index (χ1n) is 11.1. The number of nitrogens with zero attached hydrogens (tertiary/aromatic N) is 1. The van der Waals surface area contributed by atoms with Crippen molar-refractivity contribution in [2.45, 2.75) is 41.1 Å². The van der Waals surface area contributed by atoms with Gasteiger partial charge in [-0.2, -0.15) is 0 Å². The van der Waals surface area contributed by atoms with E-state index in [0.29, 0.717) is 12.0 Å². The third kappa shape index (κ3) is 4.00. The Morgan fingerprint density at radius 1 is 1.14 bits per heavy atom. The molecule has 1 aromatic heterocycles. The van der Waals surface area contributed by atoms with E-state index < -0.39 is 56.2 Å². The number of hydrogen-bond donors (Lipinski definition) is 3. The third-order valence-electron chi connectivity index (χ3n) is 7.29. The maximum Gasteiger partial charge on any atom is 0.255 e. The Morgan fingerprint density at radius 3 is 2.50 bits per heavy atom. The van der Waals surface area contributed by atoms with Gasteiger partial charge in [0.05, 0.1) is 21.4 Å². The second-order valence-corrected chi connectivity index (χ2v) is 11.8. The Balaban J connectivity index is 1.36. The Morgan fingerprint density at radius 2 is 1.86 bits per heavy atom. The van der Waals surface area contributed by atoms with Gasteiger partial charge in [-0.25, -0.2) is 17.2 Å². The van der Waals surface area contributed by atoms with Crippen LogP contribution in [0.15, 0.2) is 58.3 Å². The lowest BCUT2D eigenvalue weighted by Gasteiger charge is -2.59. The molecule has 0 spiro atoms. The highest BCUT2D eigenvalue weighted by Crippen LogP contribution is 2.60. The van der Waals surface area contributed by atoms with Crippen molar-refractivity contribution in [1.82, 2.24) is 5.16 Å². The van der Waals surface area contributed by atoms with E-state index in [-0.39, 0.29) is 34.0 Å². The highest BCUT2D eigenvalue weighted by molar-refractivity contribution is 7.92. The third-order valence-corrected chi connectivity index (χ3v) is 9.95. The molecule has 2 bridgehead atoms. The van der Waals surface area contributed by atoms with Crippen LogP contribution in [0.25, 0.3) is 0 Å². The molecule has 1 heterocycles. The van der Waals surface area contributed by atoms with Gasteiger partial charge in [-0.05, 0) is 61.4 Å². The minimum absolute atomic E-state index is 0.00343. The van der Waals surface area contributed by atoms with Crippen LogP contribution in [0.2, 0.25) is 5.02 Å². The minimum atomic E-state index is -4.01. The summed E-state index contributed by atoms with van der Waals surface area (Å²) in [6.07, 6.45) is 2.04. The summed E-state index contributed by atoms with van der Waals surface area (Å²) in [5, 5.41) is 26.9. The second kappa shape index (κ2) is 8.91. The highest BCUT2D eigenvalue weighted by atomic mass is 35.5. The number of rotatable bonds is 6. The number of aromatic nitrogens is 1. The van der Waals surface area contributed by atoms with Crippen molar-refractivity contribution in [2.75, 3.05) is 5.32 Å². The fraction of sp³-hybridized carbons (Fsp3) is 0.333. The summed E-state index contributed by atoms with van der Waals surface area (Å²) >= 11 is 6.22. The average molecular weight is 539 g/mol. The fourth-order valence-corrected chi connectivity index (χ4v) is 7.73. The smallest absolute Gasteiger partial charge is 0.255 e. The van der Waals surface area contributed by atoms with E-state index in [9.17, 15) is 32.2 Å². The Kier molecular flexibility index (Phi) is 6.14. The summed E-state index contributed by atoms with van der Waals surface area (Å²) < 4.78 is 58.4. The van der Waals surface area contributed by atoms with Gasteiger partial charge in [-0.15, -0.1) is 0 Å². The van der Waals surface area contributed by atoms with Gasteiger partial charge >= 0.3 is 0 Å². The van der Waals surface area contributed by atoms with Crippen LogP contribution in [0, 0.1) is 23.5 Å². The van der Waals surface area contributed by atoms with E-state index in [1.807, 2.05) is 0 Å². The average Bonchev–Trinajstić information content (AvgIpc) is 3.40. The van der Waals surface area contributed by atoms with Gasteiger partial charge in [-0.3, -0.25) is 4.79 Å². The van der Waals surface area contributed by atoms with Gasteiger partial charge in [-0.1, -0.05) is 16.8 Å². The number of carbonyl (C=O) groups is 1. The summed E-state index contributed by atoms with van der Waals surface area (Å²) in [6, 6.07) is 6.59. The molecule has 3 saturated carbocycles. The van der Waals surface area contributed by atoms with Gasteiger partial charge in [0.25, 0.3) is 5.91 Å². The van der Waals surface area contributed by atoms with Gasteiger partial charge in [0.1, 0.15) is 18.0 Å². The molecule has 3 unspecified atom stereocenters. The van der Waals surface area contributed by atoms with Crippen LogP contribution < -0.4 is 5.32 Å². The summed E-state index contributed by atoms with van der Waals surface area (Å²) in [7, 11) is -4.01. The van der Waals surface area contributed by atoms with Crippen LogP contribution in [0.5, 0.6) is 0 Å². The second-order valence-electron chi connectivity index (χ2n) is 9.24. The molecular formula is C24H21ClF2N2O6S. The monoisotopic (exact) mass is 538 g/mol. The Bertz CT molecular complexity index is 1420. The van der Waals surface area contributed by atoms with Crippen molar-refractivity contribution in [3.63, 3.8) is 0 Å². The number of anilines is 1. The summed E-state index contributed by atoms with van der Waals surface area (Å²) in [4.78, 5) is 12.4. The molecule has 3 atom stereocenters. The van der Waals surface area contributed by atoms with E-state index in [1.165, 1.54) is 30.7 Å². The van der Waals surface area contributed by atoms with Crippen molar-refractivity contribution in [1.29, 1.82) is 0 Å². The normalized spacial score (nSPS) is 26.2. The van der Waals surface area contributed by atoms with Gasteiger partial charge in [0.2, 0.25) is 0 Å². The molecule has 6 rings (SSSR count). The lowest BCUT2D eigenvalue weighted by Crippen LogP contribution is -2.64. The lowest BCUT2D eigenvalue weighted by atomic mass is 9.51. The molecule has 2 aromatic carbocycles. The highest BCUT2D eigenvalue weighted by Gasteiger charge is 2.63. The number of hydrogen-bond acceptors (Lipinski definition) is 7. The number of aliphatic hydroxyl groups excluding tert-OH is 1. The van der Waals surface area contributed by atoms with Crippen LogP contribution in [-0.4, -0.2) is 40.5 Å². The Hall–Kier alpha value is -2.86. The zero-order chi connectivity index (χ0) is 25.8. The molecule has 3 aliphatic carbocycles. The van der Waals surface area contributed by atoms with Crippen molar-refractivity contribution < 1.29 is 36.7 Å². The Labute approximate surface area is 209 Å². The van der Waals surface area contributed by atoms with Crippen molar-refractivity contribution >= 4 is 33.0 Å². The minimum Gasteiger partial charge on any atom is -0.386 e. The molecule has 36 heavy (non-hydrogen) atoms. The number of benzene rings is 2. The molecular weight excluding hydrogens is 518 g/mol. The van der Waals surface area contributed by atoms with E-state index in [0.717, 1.165) is 18.2 Å². The number of halogens is 3. The van der Waals surface area contributed by atoms with Gasteiger partial charge in [0, 0.05) is 22.9 Å². The van der Waals surface area contributed by atoms with Crippen LogP contribution in [0.4, 0.5) is 14.5 Å². The molecule has 0 saturated heterocycles. The number of sulfone groups is 1. The molecule has 0 radical (unpaired) electrons. The molecule has 3 aromatic rings. The predicted octanol–water partition coefficient (Wildman–Crippen LogP) is 3.90. The molecule has 3 fully saturated rings. The van der Waals surface area contributed by atoms with Crippen molar-refractivity contribution in [3.8, 4) is 0 Å². The fourth-order valence-electron chi connectivity index (χ4n) is 5.33. The SMILES string of the molecule is O=C(Nc1ccc(F)c(F)c1)c1ccc(Cl)c(S(=O)(=O)C2CC3CC(C2)C3(O)C(O)c2cnoc2)c1. The van der Waals surface area contributed by atoms with Crippen LogP contribution in [-0.2, 0) is 9.84 Å². The zero-order valence-corrected chi connectivity index (χ0v) is 20.1. The summed E-state index contributed by atoms with van der Waals surface area (Å²) in [6.45, 7) is 0. The van der Waals surface area contributed by atoms with E-state index >= 15 is 0 Å². The molecule has 3 N–H and O–H groups in total. The predicted molar refractivity (Wildman–Crippen MR) is 124 cm³/mol. The standard InChI is InChI=1S/C24H21ClF2N2O6S/c25-18-3-1-12(23(31)29-16-2-4-19(26)20(27)9-16)5-21(18)36(33,34)17-7-14-6-15(8-17)24(14,32)22(30)13-10-28-35-11-13/h1-5,9-11,14-15,17,22,30,32H,6-8H2,(H,29,31). The van der Waals surface area contributed by atoms with Crippen LogP contribution in [0.3, 0.4) is 0 Å². The molecule has 3 aliphatic rings. The topological polar surface area (TPSA) is 130 Å². The zero-order valence-electron chi connectivity index (χ0n) is 18.6. The van der Waals surface area contributed by atoms with Crippen molar-refractivity contribution in [2.24, 2.45) is 11.8 Å². The quantitative estimate of drug-likeness (QED) is 0.434.